The molecule has 0 saturated carbocycles. The highest BCUT2D eigenvalue weighted by molar-refractivity contribution is 6.31. The van der Waals surface area contributed by atoms with E-state index >= 15 is 0 Å². The highest BCUT2D eigenvalue weighted by Gasteiger charge is 2.21. The maximum absolute atomic E-state index is 12.8. The second-order valence-corrected chi connectivity index (χ2v) is 7.75. The SMILES string of the molecule is Cc1ccc(C(CC(=O)c2ccc(Cl)cc2)CC(=O)c2ccc(Cl)cc2)cc1. The van der Waals surface area contributed by atoms with E-state index in [1.165, 1.54) is 0 Å². The molecule has 2 nitrogen and oxygen atoms in total. The van der Waals surface area contributed by atoms with Crippen molar-refractivity contribution in [3.8, 4) is 0 Å². The Morgan fingerprint density at radius 2 is 1.07 bits per heavy atom. The van der Waals surface area contributed by atoms with Gasteiger partial charge in [0, 0.05) is 34.0 Å². The van der Waals surface area contributed by atoms with E-state index in [0.717, 1.165) is 11.1 Å². The molecule has 3 aromatic carbocycles. The van der Waals surface area contributed by atoms with Crippen molar-refractivity contribution in [1.29, 1.82) is 0 Å². The van der Waals surface area contributed by atoms with Crippen LogP contribution in [0.4, 0.5) is 0 Å². The summed E-state index contributed by atoms with van der Waals surface area (Å²) in [4.78, 5) is 25.6. The Morgan fingerprint density at radius 1 is 0.679 bits per heavy atom. The number of carbonyl (C=O) groups excluding carboxylic acids is 2. The van der Waals surface area contributed by atoms with Crippen LogP contribution in [0.1, 0.15) is 50.6 Å². The van der Waals surface area contributed by atoms with Gasteiger partial charge in [-0.1, -0.05) is 53.0 Å². The van der Waals surface area contributed by atoms with Crippen LogP contribution in [-0.4, -0.2) is 11.6 Å². The van der Waals surface area contributed by atoms with Crippen molar-refractivity contribution in [1.82, 2.24) is 0 Å². The van der Waals surface area contributed by atoms with E-state index in [-0.39, 0.29) is 30.3 Å². The minimum atomic E-state index is -0.202. The Balaban J connectivity index is 1.83. The molecule has 0 heterocycles. The Kier molecular flexibility index (Phi) is 6.66. The molecular formula is C24H20Cl2O2. The highest BCUT2D eigenvalue weighted by atomic mass is 35.5. The zero-order valence-corrected chi connectivity index (χ0v) is 17.0. The number of carbonyl (C=O) groups is 2. The van der Waals surface area contributed by atoms with Crippen molar-refractivity contribution in [3.05, 3.63) is 105 Å². The maximum Gasteiger partial charge on any atom is 0.163 e. The number of hydrogen-bond acceptors (Lipinski definition) is 2. The third kappa shape index (κ3) is 5.31. The Bertz CT molecular complexity index is 899. The summed E-state index contributed by atoms with van der Waals surface area (Å²) < 4.78 is 0. The van der Waals surface area contributed by atoms with Crippen LogP contribution in [0, 0.1) is 6.92 Å². The Morgan fingerprint density at radius 3 is 1.46 bits per heavy atom. The summed E-state index contributed by atoms with van der Waals surface area (Å²) in [6.45, 7) is 2.01. The van der Waals surface area contributed by atoms with Gasteiger partial charge in [0.2, 0.25) is 0 Å². The molecule has 4 heteroatoms. The molecular weight excluding hydrogens is 391 g/mol. The van der Waals surface area contributed by atoms with Crippen LogP contribution < -0.4 is 0 Å². The predicted octanol–water partition coefficient (Wildman–Crippen LogP) is 6.93. The van der Waals surface area contributed by atoms with Crippen LogP contribution in [0.5, 0.6) is 0 Å². The van der Waals surface area contributed by atoms with E-state index in [1.807, 2.05) is 31.2 Å². The molecule has 0 aromatic heterocycles. The van der Waals surface area contributed by atoms with Gasteiger partial charge in [-0.25, -0.2) is 0 Å². The molecule has 0 bridgehead atoms. The normalized spacial score (nSPS) is 10.9. The van der Waals surface area contributed by atoms with Crippen molar-refractivity contribution in [2.24, 2.45) is 0 Å². The van der Waals surface area contributed by atoms with Crippen molar-refractivity contribution < 1.29 is 9.59 Å². The lowest BCUT2D eigenvalue weighted by atomic mass is 9.86. The summed E-state index contributed by atoms with van der Waals surface area (Å²) in [5, 5.41) is 1.18. The fourth-order valence-corrected chi connectivity index (χ4v) is 3.35. The van der Waals surface area contributed by atoms with Crippen molar-refractivity contribution in [3.63, 3.8) is 0 Å². The molecule has 0 N–H and O–H groups in total. The quantitative estimate of drug-likeness (QED) is 0.395. The summed E-state index contributed by atoms with van der Waals surface area (Å²) in [5.74, 6) is -0.218. The third-order valence-electron chi connectivity index (χ3n) is 4.74. The lowest BCUT2D eigenvalue weighted by Crippen LogP contribution is -2.13. The number of aryl methyl sites for hydroxylation is 1. The Hall–Kier alpha value is -2.42. The van der Waals surface area contributed by atoms with Gasteiger partial charge in [0.25, 0.3) is 0 Å². The third-order valence-corrected chi connectivity index (χ3v) is 5.25. The summed E-state index contributed by atoms with van der Waals surface area (Å²) in [7, 11) is 0. The first-order valence-corrected chi connectivity index (χ1v) is 9.82. The fourth-order valence-electron chi connectivity index (χ4n) is 3.10. The van der Waals surface area contributed by atoms with Crippen LogP contribution in [0.15, 0.2) is 72.8 Å². The van der Waals surface area contributed by atoms with Crippen LogP contribution in [0.2, 0.25) is 10.0 Å². The van der Waals surface area contributed by atoms with Gasteiger partial charge in [0.15, 0.2) is 11.6 Å². The molecule has 142 valence electrons. The molecule has 28 heavy (non-hydrogen) atoms. The zero-order chi connectivity index (χ0) is 20.1. The summed E-state index contributed by atoms with van der Waals surface area (Å²) >= 11 is 11.8. The highest BCUT2D eigenvalue weighted by Crippen LogP contribution is 2.28. The first-order chi connectivity index (χ1) is 13.4. The number of halogens is 2. The minimum Gasteiger partial charge on any atom is -0.294 e. The van der Waals surface area contributed by atoms with Gasteiger partial charge in [0.1, 0.15) is 0 Å². The largest absolute Gasteiger partial charge is 0.294 e. The van der Waals surface area contributed by atoms with Crippen LogP contribution >= 0.6 is 23.2 Å². The molecule has 0 aliphatic rings. The van der Waals surface area contributed by atoms with Crippen LogP contribution in [0.3, 0.4) is 0 Å². The second kappa shape index (κ2) is 9.18. The summed E-state index contributed by atoms with van der Waals surface area (Å²) in [6, 6.07) is 21.7. The van der Waals surface area contributed by atoms with E-state index in [9.17, 15) is 9.59 Å². The van der Waals surface area contributed by atoms with E-state index in [1.54, 1.807) is 48.5 Å². The monoisotopic (exact) mass is 410 g/mol. The predicted molar refractivity (Wildman–Crippen MR) is 115 cm³/mol. The van der Waals surface area contributed by atoms with Gasteiger partial charge in [-0.3, -0.25) is 9.59 Å². The van der Waals surface area contributed by atoms with Gasteiger partial charge < -0.3 is 0 Å². The first kappa shape index (κ1) is 20.3. The maximum atomic E-state index is 12.8. The first-order valence-electron chi connectivity index (χ1n) is 9.06. The standard InChI is InChI=1S/C24H20Cl2O2/c1-16-2-4-17(5-3-16)20(14-23(27)18-6-10-21(25)11-7-18)15-24(28)19-8-12-22(26)13-9-19/h2-13,20H,14-15H2,1H3. The van der Waals surface area contributed by atoms with E-state index in [0.29, 0.717) is 21.2 Å². The molecule has 0 radical (unpaired) electrons. The van der Waals surface area contributed by atoms with Gasteiger partial charge in [-0.2, -0.15) is 0 Å². The van der Waals surface area contributed by atoms with E-state index in [4.69, 9.17) is 23.2 Å². The molecule has 0 saturated heterocycles. The van der Waals surface area contributed by atoms with E-state index in [2.05, 4.69) is 0 Å². The van der Waals surface area contributed by atoms with Crippen LogP contribution in [0.25, 0.3) is 0 Å². The smallest absolute Gasteiger partial charge is 0.163 e. The van der Waals surface area contributed by atoms with Crippen molar-refractivity contribution in [2.75, 3.05) is 0 Å². The van der Waals surface area contributed by atoms with Crippen LogP contribution in [-0.2, 0) is 0 Å². The average Bonchev–Trinajstić information content (AvgIpc) is 2.69. The molecule has 3 aromatic rings. The average molecular weight is 411 g/mol. The lowest BCUT2D eigenvalue weighted by molar-refractivity contribution is 0.0944. The Labute approximate surface area is 175 Å². The summed E-state index contributed by atoms with van der Waals surface area (Å²) in [5.41, 5.74) is 3.31. The van der Waals surface area contributed by atoms with E-state index < -0.39 is 0 Å². The molecule has 0 aliphatic carbocycles. The molecule has 0 fully saturated rings. The van der Waals surface area contributed by atoms with Crippen molar-refractivity contribution in [2.45, 2.75) is 25.7 Å². The summed E-state index contributed by atoms with van der Waals surface area (Å²) in [6.07, 6.45) is 0.508. The molecule has 0 atom stereocenters. The van der Waals surface area contributed by atoms with Crippen molar-refractivity contribution >= 4 is 34.8 Å². The molecule has 0 spiro atoms. The van der Waals surface area contributed by atoms with Gasteiger partial charge >= 0.3 is 0 Å². The van der Waals surface area contributed by atoms with Gasteiger partial charge in [-0.15, -0.1) is 0 Å². The topological polar surface area (TPSA) is 34.1 Å². The minimum absolute atomic E-state index is 0.00820. The molecule has 0 unspecified atom stereocenters. The second-order valence-electron chi connectivity index (χ2n) is 6.88. The molecule has 0 amide bonds. The number of ketones is 2. The van der Waals surface area contributed by atoms with Gasteiger partial charge in [0.05, 0.1) is 0 Å². The number of Topliss-reactive ketones (excluding diaryl/α,β-unsaturated/α-hetero) is 2. The fraction of sp³-hybridized carbons (Fsp3) is 0.167. The number of benzene rings is 3. The number of rotatable bonds is 7. The molecule has 3 rings (SSSR count). The van der Waals surface area contributed by atoms with Gasteiger partial charge in [-0.05, 0) is 66.9 Å². The number of hydrogen-bond donors (Lipinski definition) is 0. The lowest BCUT2D eigenvalue weighted by Gasteiger charge is -2.17. The zero-order valence-electron chi connectivity index (χ0n) is 15.5. The molecule has 0 aliphatic heterocycles.